The first-order chi connectivity index (χ1) is 11.3. The lowest BCUT2D eigenvalue weighted by atomic mass is 10.2. The van der Waals surface area contributed by atoms with Gasteiger partial charge in [0.25, 0.3) is 5.69 Å². The van der Waals surface area contributed by atoms with Crippen LogP contribution in [0.25, 0.3) is 0 Å². The van der Waals surface area contributed by atoms with Crippen LogP contribution < -0.4 is 10.0 Å². The number of hydrogen-bond acceptors (Lipinski definition) is 5. The van der Waals surface area contributed by atoms with Crippen LogP contribution in [0.3, 0.4) is 0 Å². The molecule has 0 heterocycles. The van der Waals surface area contributed by atoms with Crippen LogP contribution in [0.2, 0.25) is 0 Å². The number of hydrogen-bond donors (Lipinski definition) is 2. The fourth-order valence-corrected chi connectivity index (χ4v) is 3.60. The number of nitrogens with one attached hydrogen (secondary N) is 2. The molecule has 2 rings (SSSR count). The molecule has 0 bridgehead atoms. The number of nitrogens with zero attached hydrogens (tertiary/aromatic N) is 1. The van der Waals surface area contributed by atoms with Gasteiger partial charge < -0.3 is 5.32 Å². The monoisotopic (exact) mass is 349 g/mol. The number of para-hydroxylation sites is 2. The first-order valence-corrected chi connectivity index (χ1v) is 8.84. The zero-order chi connectivity index (χ0) is 17.7. The van der Waals surface area contributed by atoms with Crippen molar-refractivity contribution in [3.05, 3.63) is 63.7 Å². The zero-order valence-corrected chi connectivity index (χ0v) is 14.3. The first kappa shape index (κ1) is 17.9. The Hall–Kier alpha value is -2.45. The molecule has 2 aromatic carbocycles. The molecule has 24 heavy (non-hydrogen) atoms. The smallest absolute Gasteiger partial charge is 0.292 e. The minimum Gasteiger partial charge on any atom is -0.378 e. The maximum atomic E-state index is 12.3. The molecule has 128 valence electrons. The average Bonchev–Trinajstić information content (AvgIpc) is 2.51. The van der Waals surface area contributed by atoms with Gasteiger partial charge in [-0.05, 0) is 31.5 Å². The van der Waals surface area contributed by atoms with Gasteiger partial charge in [0.15, 0.2) is 0 Å². The van der Waals surface area contributed by atoms with Crippen LogP contribution in [0, 0.1) is 24.0 Å². The molecule has 0 spiro atoms. The number of anilines is 1. The summed E-state index contributed by atoms with van der Waals surface area (Å²) in [6, 6.07) is 11.3. The Morgan fingerprint density at radius 1 is 1.08 bits per heavy atom. The lowest BCUT2D eigenvalue weighted by Crippen LogP contribution is -2.29. The predicted molar refractivity (Wildman–Crippen MR) is 92.7 cm³/mol. The minimum absolute atomic E-state index is 0.0465. The van der Waals surface area contributed by atoms with Crippen LogP contribution in [0.4, 0.5) is 11.4 Å². The SMILES string of the molecule is Cc1ccc(S(=O)(=O)NCCNc2ccccc2[N+](=O)[O-])c(C)c1. The van der Waals surface area contributed by atoms with Crippen LogP contribution in [-0.2, 0) is 10.0 Å². The molecule has 0 atom stereocenters. The van der Waals surface area contributed by atoms with Crippen LogP contribution in [0.5, 0.6) is 0 Å². The molecule has 0 saturated heterocycles. The van der Waals surface area contributed by atoms with Gasteiger partial charge in [-0.15, -0.1) is 0 Å². The standard InChI is InChI=1S/C16H19N3O4S/c1-12-7-8-16(13(2)11-12)24(22,23)18-10-9-17-14-5-3-4-6-15(14)19(20)21/h3-8,11,17-18H,9-10H2,1-2H3. The van der Waals surface area contributed by atoms with E-state index in [0.717, 1.165) is 5.56 Å². The summed E-state index contributed by atoms with van der Waals surface area (Å²) < 4.78 is 27.1. The van der Waals surface area contributed by atoms with E-state index < -0.39 is 14.9 Å². The highest BCUT2D eigenvalue weighted by Crippen LogP contribution is 2.22. The van der Waals surface area contributed by atoms with Gasteiger partial charge >= 0.3 is 0 Å². The lowest BCUT2D eigenvalue weighted by Gasteiger charge is -2.11. The molecule has 0 fully saturated rings. The highest BCUT2D eigenvalue weighted by atomic mass is 32.2. The van der Waals surface area contributed by atoms with Crippen LogP contribution in [0.15, 0.2) is 47.4 Å². The Bertz CT molecular complexity index is 850. The number of sulfonamides is 1. The highest BCUT2D eigenvalue weighted by Gasteiger charge is 2.16. The molecule has 0 unspecified atom stereocenters. The lowest BCUT2D eigenvalue weighted by molar-refractivity contribution is -0.384. The summed E-state index contributed by atoms with van der Waals surface area (Å²) in [5, 5.41) is 13.8. The van der Waals surface area contributed by atoms with Crippen molar-refractivity contribution in [1.29, 1.82) is 0 Å². The van der Waals surface area contributed by atoms with E-state index in [1.165, 1.54) is 6.07 Å². The fraction of sp³-hybridized carbons (Fsp3) is 0.250. The Morgan fingerprint density at radius 2 is 1.79 bits per heavy atom. The maximum Gasteiger partial charge on any atom is 0.292 e. The van der Waals surface area contributed by atoms with Crippen molar-refractivity contribution in [3.63, 3.8) is 0 Å². The summed E-state index contributed by atoms with van der Waals surface area (Å²) >= 11 is 0. The molecule has 8 heteroatoms. The normalized spacial score (nSPS) is 11.2. The van der Waals surface area contributed by atoms with E-state index in [4.69, 9.17) is 0 Å². The summed E-state index contributed by atoms with van der Waals surface area (Å²) in [6.07, 6.45) is 0. The summed E-state index contributed by atoms with van der Waals surface area (Å²) in [6.45, 7) is 3.98. The van der Waals surface area contributed by atoms with E-state index in [-0.39, 0.29) is 23.7 Å². The second-order valence-corrected chi connectivity index (χ2v) is 7.10. The van der Waals surface area contributed by atoms with Gasteiger partial charge in [0.2, 0.25) is 10.0 Å². The Labute approximate surface area is 140 Å². The van der Waals surface area contributed by atoms with Gasteiger partial charge in [-0.1, -0.05) is 29.8 Å². The van der Waals surface area contributed by atoms with Crippen molar-refractivity contribution < 1.29 is 13.3 Å². The molecule has 0 aliphatic carbocycles. The molecule has 0 aliphatic heterocycles. The van der Waals surface area contributed by atoms with Crippen molar-refractivity contribution >= 4 is 21.4 Å². The van der Waals surface area contributed by atoms with E-state index in [9.17, 15) is 18.5 Å². The van der Waals surface area contributed by atoms with Gasteiger partial charge in [-0.2, -0.15) is 0 Å². The molecule has 0 aromatic heterocycles. The second-order valence-electron chi connectivity index (χ2n) is 5.37. The van der Waals surface area contributed by atoms with Crippen molar-refractivity contribution in [2.45, 2.75) is 18.7 Å². The number of benzene rings is 2. The number of rotatable bonds is 7. The van der Waals surface area contributed by atoms with Gasteiger partial charge in [0.05, 0.1) is 9.82 Å². The number of nitro benzene ring substituents is 1. The molecule has 0 amide bonds. The van der Waals surface area contributed by atoms with Crippen LogP contribution in [0.1, 0.15) is 11.1 Å². The highest BCUT2D eigenvalue weighted by molar-refractivity contribution is 7.89. The molecule has 7 nitrogen and oxygen atoms in total. The van der Waals surface area contributed by atoms with Crippen molar-refractivity contribution in [2.75, 3.05) is 18.4 Å². The average molecular weight is 349 g/mol. The molecule has 0 aliphatic rings. The van der Waals surface area contributed by atoms with E-state index in [1.807, 2.05) is 6.92 Å². The van der Waals surface area contributed by atoms with Gasteiger partial charge in [-0.3, -0.25) is 10.1 Å². The molecule has 0 saturated carbocycles. The van der Waals surface area contributed by atoms with Crippen molar-refractivity contribution in [2.24, 2.45) is 0 Å². The third-order valence-corrected chi connectivity index (χ3v) is 5.07. The zero-order valence-electron chi connectivity index (χ0n) is 13.4. The minimum atomic E-state index is -3.61. The topological polar surface area (TPSA) is 101 Å². The third kappa shape index (κ3) is 4.30. The predicted octanol–water partition coefficient (Wildman–Crippen LogP) is 2.60. The van der Waals surface area contributed by atoms with E-state index >= 15 is 0 Å². The van der Waals surface area contributed by atoms with Crippen LogP contribution >= 0.6 is 0 Å². The molecule has 2 N–H and O–H groups in total. The third-order valence-electron chi connectivity index (χ3n) is 3.45. The summed E-state index contributed by atoms with van der Waals surface area (Å²) in [5.74, 6) is 0. The molecule has 2 aromatic rings. The largest absolute Gasteiger partial charge is 0.378 e. The first-order valence-electron chi connectivity index (χ1n) is 7.35. The Balaban J connectivity index is 1.98. The van der Waals surface area contributed by atoms with Gasteiger partial charge in [0, 0.05) is 19.2 Å². The van der Waals surface area contributed by atoms with E-state index in [1.54, 1.807) is 43.3 Å². The quantitative estimate of drug-likeness (QED) is 0.454. The number of nitro groups is 1. The van der Waals surface area contributed by atoms with Crippen molar-refractivity contribution in [1.82, 2.24) is 4.72 Å². The molecular formula is C16H19N3O4S. The second kappa shape index (κ2) is 7.41. The summed E-state index contributed by atoms with van der Waals surface area (Å²) in [4.78, 5) is 10.7. The summed E-state index contributed by atoms with van der Waals surface area (Å²) in [7, 11) is -3.61. The maximum absolute atomic E-state index is 12.3. The number of aryl methyl sites for hydroxylation is 2. The molecular weight excluding hydrogens is 330 g/mol. The van der Waals surface area contributed by atoms with E-state index in [2.05, 4.69) is 10.0 Å². The fourth-order valence-electron chi connectivity index (χ4n) is 2.34. The van der Waals surface area contributed by atoms with Crippen LogP contribution in [-0.4, -0.2) is 26.4 Å². The van der Waals surface area contributed by atoms with E-state index in [0.29, 0.717) is 11.3 Å². The van der Waals surface area contributed by atoms with Gasteiger partial charge in [-0.25, -0.2) is 13.1 Å². The Morgan fingerprint density at radius 3 is 2.46 bits per heavy atom. The van der Waals surface area contributed by atoms with Crippen molar-refractivity contribution in [3.8, 4) is 0 Å². The Kier molecular flexibility index (Phi) is 5.53. The summed E-state index contributed by atoms with van der Waals surface area (Å²) in [5.41, 5.74) is 1.97. The molecule has 0 radical (unpaired) electrons. The van der Waals surface area contributed by atoms with Gasteiger partial charge in [0.1, 0.15) is 5.69 Å².